The second-order valence-corrected chi connectivity index (χ2v) is 2.81. The van der Waals surface area contributed by atoms with E-state index in [2.05, 4.69) is 0 Å². The monoisotopic (exact) mass is 119 g/mol. The fourth-order valence-electron chi connectivity index (χ4n) is 0. The summed E-state index contributed by atoms with van der Waals surface area (Å²) in [5.74, 6) is 0. The molecule has 2 nitrogen and oxygen atoms in total. The molecule has 0 saturated heterocycles. The first-order valence-electron chi connectivity index (χ1n) is 2.45. The predicted octanol–water partition coefficient (Wildman–Crippen LogP) is 0.433. The molecular weight excluding hydrogens is 102 g/mol. The maximum atomic E-state index is 10.5. The van der Waals surface area contributed by atoms with E-state index in [-0.39, 0.29) is 18.0 Å². The van der Waals surface area contributed by atoms with Gasteiger partial charge in [0.25, 0.3) is 0 Å². The van der Waals surface area contributed by atoms with Crippen molar-refractivity contribution in [3.05, 3.63) is 5.21 Å². The molecule has 0 rings (SSSR count). The van der Waals surface area contributed by atoms with Crippen LogP contribution in [0.2, 0.25) is 0 Å². The average molecular weight is 119 g/mol. The van der Waals surface area contributed by atoms with Gasteiger partial charge in [-0.25, -0.2) is 0 Å². The molecule has 0 aromatic rings. The largest absolute Gasteiger partial charge is 0.634 e. The van der Waals surface area contributed by atoms with Gasteiger partial charge in [-0.1, -0.05) is 7.43 Å². The summed E-state index contributed by atoms with van der Waals surface area (Å²) in [5.41, 5.74) is -0.139. The topological polar surface area (TPSA) is 27.5 Å². The van der Waals surface area contributed by atoms with Gasteiger partial charge < -0.3 is 10.3 Å². The van der Waals surface area contributed by atoms with Gasteiger partial charge in [0.1, 0.15) is 0 Å². The van der Waals surface area contributed by atoms with Crippen LogP contribution in [0.25, 0.3) is 0 Å². The van der Waals surface area contributed by atoms with E-state index >= 15 is 0 Å². The molecule has 52 valence electrons. The quantitative estimate of drug-likeness (QED) is 0.460. The van der Waals surface area contributed by atoms with Crippen LogP contribution >= 0.6 is 0 Å². The molecule has 0 amide bonds. The van der Waals surface area contributed by atoms with Crippen LogP contribution in [0.5, 0.6) is 0 Å². The molecule has 0 aliphatic carbocycles. The maximum Gasteiger partial charge on any atom is 0.0886 e. The highest BCUT2D eigenvalue weighted by molar-refractivity contribution is 4.53. The Morgan fingerprint density at radius 1 is 1.25 bits per heavy atom. The lowest BCUT2D eigenvalue weighted by Crippen LogP contribution is -3.11. The fraction of sp³-hybridized carbons (Fsp3) is 1.00. The number of hydrogen-bond acceptors (Lipinski definition) is 1. The van der Waals surface area contributed by atoms with Crippen molar-refractivity contribution in [1.82, 2.24) is 0 Å². The van der Waals surface area contributed by atoms with Crippen LogP contribution in [0.1, 0.15) is 28.2 Å². The van der Waals surface area contributed by atoms with Crippen LogP contribution in [0.3, 0.4) is 0 Å². The molecule has 0 fully saturated rings. The van der Waals surface area contributed by atoms with E-state index in [1.807, 2.05) is 20.8 Å². The first-order valence-corrected chi connectivity index (χ1v) is 2.45. The maximum absolute atomic E-state index is 10.5. The fourth-order valence-corrected chi connectivity index (χ4v) is 0. The summed E-state index contributed by atoms with van der Waals surface area (Å²) in [6.45, 7) is 5.74. The zero-order chi connectivity index (χ0) is 6.08. The van der Waals surface area contributed by atoms with Crippen molar-refractivity contribution >= 4 is 0 Å². The Kier molecular flexibility index (Phi) is 4.12. The van der Waals surface area contributed by atoms with Gasteiger partial charge in [-0.2, -0.15) is 0 Å². The molecule has 8 heavy (non-hydrogen) atoms. The van der Waals surface area contributed by atoms with Gasteiger partial charge in [-0.05, 0) is 20.8 Å². The lowest BCUT2D eigenvalue weighted by atomic mass is 10.1. The molecule has 1 unspecified atom stereocenters. The number of rotatable bonds is 0. The number of quaternary nitrogens is 1. The minimum atomic E-state index is -0.139. The van der Waals surface area contributed by atoms with Gasteiger partial charge >= 0.3 is 0 Å². The molecule has 0 saturated carbocycles. The molecule has 0 aromatic heterocycles. The van der Waals surface area contributed by atoms with E-state index in [4.69, 9.17) is 0 Å². The zero-order valence-corrected chi connectivity index (χ0v) is 5.41. The van der Waals surface area contributed by atoms with Gasteiger partial charge in [0.05, 0.1) is 12.6 Å². The van der Waals surface area contributed by atoms with Gasteiger partial charge in [0, 0.05) is 0 Å². The standard InChI is InChI=1S/C5H13NO.CH4/c1-5(2,3)6(4)7;/h6H,1-4H3;1H4. The Hall–Kier alpha value is -0.0800. The van der Waals surface area contributed by atoms with Crippen molar-refractivity contribution in [1.29, 1.82) is 0 Å². The summed E-state index contributed by atoms with van der Waals surface area (Å²) in [6.07, 6.45) is 0. The highest BCUT2D eigenvalue weighted by atomic mass is 16.5. The Balaban J connectivity index is 0. The molecule has 1 atom stereocenters. The predicted molar refractivity (Wildman–Crippen MR) is 36.7 cm³/mol. The summed E-state index contributed by atoms with van der Waals surface area (Å²) in [4.78, 5) is 0. The minimum Gasteiger partial charge on any atom is -0.634 e. The van der Waals surface area contributed by atoms with E-state index in [0.29, 0.717) is 0 Å². The molecular formula is C6H17NO. The highest BCUT2D eigenvalue weighted by Gasteiger charge is 2.12. The van der Waals surface area contributed by atoms with Crippen molar-refractivity contribution in [2.75, 3.05) is 7.05 Å². The summed E-state index contributed by atoms with van der Waals surface area (Å²) >= 11 is 0. The van der Waals surface area contributed by atoms with Crippen LogP contribution in [0, 0.1) is 5.21 Å². The van der Waals surface area contributed by atoms with Crippen molar-refractivity contribution in [2.45, 2.75) is 33.7 Å². The lowest BCUT2D eigenvalue weighted by molar-refractivity contribution is -0.878. The van der Waals surface area contributed by atoms with Gasteiger partial charge in [-0.15, -0.1) is 0 Å². The third kappa shape index (κ3) is 4.09. The second kappa shape index (κ2) is 3.05. The molecule has 1 N–H and O–H groups in total. The molecule has 0 aliphatic rings. The third-order valence-electron chi connectivity index (χ3n) is 1.06. The van der Waals surface area contributed by atoms with Crippen LogP contribution in [0.4, 0.5) is 0 Å². The van der Waals surface area contributed by atoms with Crippen LogP contribution in [-0.4, -0.2) is 12.6 Å². The molecule has 0 spiro atoms. The van der Waals surface area contributed by atoms with E-state index in [9.17, 15) is 5.21 Å². The minimum absolute atomic E-state index is 0. The number of nitrogens with one attached hydrogen (secondary N) is 1. The Morgan fingerprint density at radius 3 is 1.38 bits per heavy atom. The van der Waals surface area contributed by atoms with Crippen LogP contribution in [0.15, 0.2) is 0 Å². The zero-order valence-electron chi connectivity index (χ0n) is 5.41. The van der Waals surface area contributed by atoms with Crippen LogP contribution in [-0.2, 0) is 0 Å². The normalized spacial score (nSPS) is 14.6. The number of hydroxylamine groups is 2. The molecule has 2 heteroatoms. The Morgan fingerprint density at radius 2 is 1.38 bits per heavy atom. The lowest BCUT2D eigenvalue weighted by Gasteiger charge is -2.31. The van der Waals surface area contributed by atoms with E-state index in [1.54, 1.807) is 7.05 Å². The first-order chi connectivity index (χ1) is 2.94. The molecule has 0 aliphatic heterocycles. The Labute approximate surface area is 52.1 Å². The summed E-state index contributed by atoms with van der Waals surface area (Å²) in [6, 6.07) is 0. The average Bonchev–Trinajstić information content (AvgIpc) is 1.31. The molecule has 0 bridgehead atoms. The van der Waals surface area contributed by atoms with Gasteiger partial charge in [0.15, 0.2) is 0 Å². The van der Waals surface area contributed by atoms with Crippen molar-refractivity contribution in [3.63, 3.8) is 0 Å². The summed E-state index contributed by atoms with van der Waals surface area (Å²) < 4.78 is 0. The molecule has 0 aromatic carbocycles. The molecule has 0 radical (unpaired) electrons. The van der Waals surface area contributed by atoms with Crippen LogP contribution < -0.4 is 5.06 Å². The van der Waals surface area contributed by atoms with E-state index in [1.165, 1.54) is 0 Å². The summed E-state index contributed by atoms with van der Waals surface area (Å²) in [7, 11) is 1.61. The van der Waals surface area contributed by atoms with Gasteiger partial charge in [-0.3, -0.25) is 0 Å². The van der Waals surface area contributed by atoms with Gasteiger partial charge in [0.2, 0.25) is 0 Å². The Bertz CT molecular complexity index is 54.0. The van der Waals surface area contributed by atoms with E-state index in [0.717, 1.165) is 0 Å². The van der Waals surface area contributed by atoms with Crippen molar-refractivity contribution < 1.29 is 5.06 Å². The number of hydrogen-bond donors (Lipinski definition) is 1. The van der Waals surface area contributed by atoms with Crippen molar-refractivity contribution in [3.8, 4) is 0 Å². The third-order valence-corrected chi connectivity index (χ3v) is 1.06. The summed E-state index contributed by atoms with van der Waals surface area (Å²) in [5, 5.41) is 10.7. The second-order valence-electron chi connectivity index (χ2n) is 2.81. The smallest absolute Gasteiger partial charge is 0.0886 e. The van der Waals surface area contributed by atoms with Crippen molar-refractivity contribution in [2.24, 2.45) is 0 Å². The SMILES string of the molecule is C.C[NH+]([O-])C(C)(C)C. The first kappa shape index (κ1) is 10.8. The van der Waals surface area contributed by atoms with E-state index < -0.39 is 0 Å². The molecule has 0 heterocycles. The highest BCUT2D eigenvalue weighted by Crippen LogP contribution is 1.88.